The monoisotopic (exact) mass is 263 g/mol. The van der Waals surface area contributed by atoms with Crippen LogP contribution in [0.3, 0.4) is 0 Å². The molecule has 6 nitrogen and oxygen atoms in total. The number of carboxylic acids is 1. The SMILES string of the molecule is Cn1cnc(C(=O)Nc2ccc(C(=O)O)c(F)c2)c1. The molecule has 0 aliphatic heterocycles. The molecule has 1 amide bonds. The number of halogens is 1. The van der Waals surface area contributed by atoms with Gasteiger partial charge in [0.15, 0.2) is 0 Å². The maximum absolute atomic E-state index is 13.4. The van der Waals surface area contributed by atoms with Crippen molar-refractivity contribution in [1.82, 2.24) is 9.55 Å². The second-order valence-electron chi connectivity index (χ2n) is 3.88. The van der Waals surface area contributed by atoms with Crippen molar-refractivity contribution < 1.29 is 19.1 Å². The molecule has 0 aliphatic rings. The van der Waals surface area contributed by atoms with Crippen LogP contribution in [-0.2, 0) is 7.05 Å². The summed E-state index contributed by atoms with van der Waals surface area (Å²) < 4.78 is 15.0. The molecule has 98 valence electrons. The van der Waals surface area contributed by atoms with Crippen molar-refractivity contribution in [1.29, 1.82) is 0 Å². The number of carbonyl (C=O) groups excluding carboxylic acids is 1. The summed E-state index contributed by atoms with van der Waals surface area (Å²) in [6.07, 6.45) is 2.97. The third kappa shape index (κ3) is 2.76. The van der Waals surface area contributed by atoms with E-state index in [0.29, 0.717) is 0 Å². The number of carboxylic acid groups (broad SMARTS) is 1. The fourth-order valence-electron chi connectivity index (χ4n) is 1.49. The zero-order valence-electron chi connectivity index (χ0n) is 9.92. The van der Waals surface area contributed by atoms with Gasteiger partial charge < -0.3 is 15.0 Å². The number of rotatable bonds is 3. The lowest BCUT2D eigenvalue weighted by Crippen LogP contribution is -2.13. The summed E-state index contributed by atoms with van der Waals surface area (Å²) in [5.74, 6) is -2.77. The summed E-state index contributed by atoms with van der Waals surface area (Å²) in [5.41, 5.74) is -0.0980. The van der Waals surface area contributed by atoms with Crippen molar-refractivity contribution in [3.8, 4) is 0 Å². The van der Waals surface area contributed by atoms with E-state index in [0.717, 1.165) is 12.1 Å². The number of amides is 1. The van der Waals surface area contributed by atoms with Gasteiger partial charge in [-0.2, -0.15) is 0 Å². The third-order valence-electron chi connectivity index (χ3n) is 2.39. The average molecular weight is 263 g/mol. The highest BCUT2D eigenvalue weighted by molar-refractivity contribution is 6.03. The lowest BCUT2D eigenvalue weighted by atomic mass is 10.2. The molecule has 2 rings (SSSR count). The maximum Gasteiger partial charge on any atom is 0.338 e. The minimum Gasteiger partial charge on any atom is -0.478 e. The van der Waals surface area contributed by atoms with E-state index in [1.807, 2.05) is 0 Å². The first-order valence-electron chi connectivity index (χ1n) is 5.29. The fourth-order valence-corrected chi connectivity index (χ4v) is 1.49. The molecule has 0 spiro atoms. The molecule has 0 aliphatic carbocycles. The number of imidazole rings is 1. The molecule has 19 heavy (non-hydrogen) atoms. The molecule has 0 radical (unpaired) electrons. The standard InChI is InChI=1S/C12H10FN3O3/c1-16-5-10(14-6-16)11(17)15-7-2-3-8(12(18)19)9(13)4-7/h2-6H,1H3,(H,15,17)(H,18,19). The molecular weight excluding hydrogens is 253 g/mol. The number of carbonyl (C=O) groups is 2. The van der Waals surface area contributed by atoms with Gasteiger partial charge in [0, 0.05) is 18.9 Å². The molecule has 1 aromatic heterocycles. The Hall–Kier alpha value is -2.70. The molecule has 0 fully saturated rings. The number of aromatic carboxylic acids is 1. The van der Waals surface area contributed by atoms with Gasteiger partial charge in [-0.25, -0.2) is 14.2 Å². The number of nitrogens with one attached hydrogen (secondary N) is 1. The van der Waals surface area contributed by atoms with Gasteiger partial charge >= 0.3 is 5.97 Å². The third-order valence-corrected chi connectivity index (χ3v) is 2.39. The Morgan fingerprint density at radius 3 is 2.68 bits per heavy atom. The second-order valence-corrected chi connectivity index (χ2v) is 3.88. The summed E-state index contributed by atoms with van der Waals surface area (Å²) in [5, 5.41) is 11.1. The van der Waals surface area contributed by atoms with Crippen LogP contribution >= 0.6 is 0 Å². The minimum absolute atomic E-state index is 0.165. The molecule has 2 N–H and O–H groups in total. The van der Waals surface area contributed by atoms with E-state index in [1.165, 1.54) is 18.6 Å². The smallest absolute Gasteiger partial charge is 0.338 e. The van der Waals surface area contributed by atoms with Gasteiger partial charge in [0.25, 0.3) is 5.91 Å². The predicted molar refractivity (Wildman–Crippen MR) is 64.5 cm³/mol. The van der Waals surface area contributed by atoms with E-state index in [2.05, 4.69) is 10.3 Å². The predicted octanol–water partition coefficient (Wildman–Crippen LogP) is 1.51. The van der Waals surface area contributed by atoms with E-state index in [1.54, 1.807) is 11.6 Å². The zero-order valence-corrected chi connectivity index (χ0v) is 9.92. The molecule has 2 aromatic rings. The Labute approximate surface area is 107 Å². The summed E-state index contributed by atoms with van der Waals surface area (Å²) >= 11 is 0. The van der Waals surface area contributed by atoms with Crippen molar-refractivity contribution in [3.63, 3.8) is 0 Å². The quantitative estimate of drug-likeness (QED) is 0.879. The Balaban J connectivity index is 2.18. The Kier molecular flexibility index (Phi) is 3.28. The summed E-state index contributed by atoms with van der Waals surface area (Å²) in [7, 11) is 1.71. The zero-order chi connectivity index (χ0) is 14.0. The fraction of sp³-hybridized carbons (Fsp3) is 0.0833. The van der Waals surface area contributed by atoms with Crippen LogP contribution in [0.5, 0.6) is 0 Å². The van der Waals surface area contributed by atoms with Crippen molar-refractivity contribution in [2.24, 2.45) is 7.05 Å². The number of aromatic nitrogens is 2. The topological polar surface area (TPSA) is 84.2 Å². The van der Waals surface area contributed by atoms with Crippen LogP contribution in [0.15, 0.2) is 30.7 Å². The van der Waals surface area contributed by atoms with Crippen LogP contribution in [0.25, 0.3) is 0 Å². The summed E-state index contributed by atoms with van der Waals surface area (Å²) in [4.78, 5) is 26.2. The van der Waals surface area contributed by atoms with Gasteiger partial charge in [-0.05, 0) is 18.2 Å². The van der Waals surface area contributed by atoms with Crippen LogP contribution < -0.4 is 5.32 Å². The first-order valence-corrected chi connectivity index (χ1v) is 5.29. The Morgan fingerprint density at radius 2 is 2.16 bits per heavy atom. The number of nitrogens with zero attached hydrogens (tertiary/aromatic N) is 2. The van der Waals surface area contributed by atoms with Gasteiger partial charge in [-0.1, -0.05) is 0 Å². The lowest BCUT2D eigenvalue weighted by Gasteiger charge is -2.04. The largest absolute Gasteiger partial charge is 0.478 e. The molecule has 1 heterocycles. The van der Waals surface area contributed by atoms with Crippen LogP contribution in [0, 0.1) is 5.82 Å². The maximum atomic E-state index is 13.4. The van der Waals surface area contributed by atoms with Gasteiger partial charge in [0.05, 0.1) is 11.9 Å². The molecular formula is C12H10FN3O3. The van der Waals surface area contributed by atoms with Crippen molar-refractivity contribution in [3.05, 3.63) is 47.8 Å². The summed E-state index contributed by atoms with van der Waals surface area (Å²) in [6.45, 7) is 0. The van der Waals surface area contributed by atoms with E-state index >= 15 is 0 Å². The van der Waals surface area contributed by atoms with Crippen molar-refractivity contribution >= 4 is 17.6 Å². The Morgan fingerprint density at radius 1 is 1.42 bits per heavy atom. The first kappa shape index (κ1) is 12.7. The van der Waals surface area contributed by atoms with Crippen molar-refractivity contribution in [2.45, 2.75) is 0 Å². The number of hydrogen-bond acceptors (Lipinski definition) is 3. The van der Waals surface area contributed by atoms with E-state index in [9.17, 15) is 14.0 Å². The van der Waals surface area contributed by atoms with E-state index < -0.39 is 23.3 Å². The highest BCUT2D eigenvalue weighted by Gasteiger charge is 2.13. The Bertz CT molecular complexity index is 651. The normalized spacial score (nSPS) is 10.2. The second kappa shape index (κ2) is 4.89. The van der Waals surface area contributed by atoms with E-state index in [4.69, 9.17) is 5.11 Å². The van der Waals surface area contributed by atoms with Gasteiger partial charge in [0.2, 0.25) is 0 Å². The molecule has 0 saturated heterocycles. The van der Waals surface area contributed by atoms with Crippen LogP contribution in [-0.4, -0.2) is 26.5 Å². The van der Waals surface area contributed by atoms with Crippen LogP contribution in [0.4, 0.5) is 10.1 Å². The minimum atomic E-state index is -1.36. The van der Waals surface area contributed by atoms with Crippen LogP contribution in [0.1, 0.15) is 20.8 Å². The van der Waals surface area contributed by atoms with Crippen LogP contribution in [0.2, 0.25) is 0 Å². The highest BCUT2D eigenvalue weighted by Crippen LogP contribution is 2.15. The molecule has 0 saturated carbocycles. The number of aryl methyl sites for hydroxylation is 1. The lowest BCUT2D eigenvalue weighted by molar-refractivity contribution is 0.0692. The van der Waals surface area contributed by atoms with Gasteiger partial charge in [-0.15, -0.1) is 0 Å². The molecule has 0 bridgehead atoms. The number of benzene rings is 1. The average Bonchev–Trinajstić information content (AvgIpc) is 2.75. The molecule has 1 aromatic carbocycles. The number of anilines is 1. The van der Waals surface area contributed by atoms with E-state index in [-0.39, 0.29) is 11.4 Å². The molecule has 7 heteroatoms. The molecule has 0 unspecified atom stereocenters. The van der Waals surface area contributed by atoms with Gasteiger partial charge in [0.1, 0.15) is 11.5 Å². The summed E-state index contributed by atoms with van der Waals surface area (Å²) in [6, 6.07) is 3.35. The van der Waals surface area contributed by atoms with Gasteiger partial charge in [-0.3, -0.25) is 4.79 Å². The highest BCUT2D eigenvalue weighted by atomic mass is 19.1. The van der Waals surface area contributed by atoms with Crippen molar-refractivity contribution in [2.75, 3.05) is 5.32 Å². The molecule has 0 atom stereocenters. The number of hydrogen-bond donors (Lipinski definition) is 2. The first-order chi connectivity index (χ1) is 8.97.